The monoisotopic (exact) mass is 329 g/mol. The van der Waals surface area contributed by atoms with E-state index in [1.165, 1.54) is 11.3 Å². The van der Waals surface area contributed by atoms with Crippen molar-refractivity contribution in [3.05, 3.63) is 39.8 Å². The van der Waals surface area contributed by atoms with Gasteiger partial charge in [0.1, 0.15) is 6.04 Å². The Balaban J connectivity index is 2.04. The largest absolute Gasteiger partial charge is 0.374 e. The first kappa shape index (κ1) is 15.1. The molecule has 0 unspecified atom stereocenters. The number of halogens is 2. The van der Waals surface area contributed by atoms with E-state index in [2.05, 4.69) is 15.6 Å². The molecule has 106 valence electrons. The van der Waals surface area contributed by atoms with E-state index >= 15 is 0 Å². The van der Waals surface area contributed by atoms with Gasteiger partial charge in [-0.3, -0.25) is 4.79 Å². The van der Waals surface area contributed by atoms with Crippen molar-refractivity contribution < 1.29 is 4.79 Å². The summed E-state index contributed by atoms with van der Waals surface area (Å²) < 4.78 is 0. The summed E-state index contributed by atoms with van der Waals surface area (Å²) in [6.07, 6.45) is 2.28. The van der Waals surface area contributed by atoms with Crippen LogP contribution >= 0.6 is 34.5 Å². The number of carbonyl (C=O) groups is 1. The number of anilines is 2. The number of benzene rings is 1. The lowest BCUT2D eigenvalue weighted by atomic mass is 10.2. The van der Waals surface area contributed by atoms with Gasteiger partial charge in [0, 0.05) is 17.3 Å². The molecule has 4 nitrogen and oxygen atoms in total. The molecule has 0 aliphatic carbocycles. The van der Waals surface area contributed by atoms with E-state index in [1.54, 1.807) is 24.4 Å². The van der Waals surface area contributed by atoms with Crippen molar-refractivity contribution in [2.75, 3.05) is 10.6 Å². The van der Waals surface area contributed by atoms with Crippen LogP contribution in [-0.4, -0.2) is 16.9 Å². The zero-order chi connectivity index (χ0) is 14.5. The predicted octanol–water partition coefficient (Wildman–Crippen LogP) is 4.28. The third kappa shape index (κ3) is 3.85. The first-order valence-corrected chi connectivity index (χ1v) is 7.65. The molecule has 2 rings (SSSR count). The van der Waals surface area contributed by atoms with E-state index in [4.69, 9.17) is 23.2 Å². The van der Waals surface area contributed by atoms with E-state index in [0.29, 0.717) is 21.6 Å². The number of rotatable bonds is 5. The lowest BCUT2D eigenvalue weighted by Gasteiger charge is -2.17. The lowest BCUT2D eigenvalue weighted by molar-refractivity contribution is -0.116. The second-order valence-corrected chi connectivity index (χ2v) is 5.77. The number of amides is 1. The van der Waals surface area contributed by atoms with Crippen molar-refractivity contribution in [1.82, 2.24) is 4.98 Å². The smallest absolute Gasteiger partial charge is 0.248 e. The Hall–Kier alpha value is -1.30. The molecule has 1 amide bonds. The summed E-state index contributed by atoms with van der Waals surface area (Å²) in [7, 11) is 0. The lowest BCUT2D eigenvalue weighted by Crippen LogP contribution is -2.34. The van der Waals surface area contributed by atoms with E-state index in [1.807, 2.05) is 12.3 Å². The van der Waals surface area contributed by atoms with Gasteiger partial charge in [-0.05, 0) is 24.6 Å². The minimum absolute atomic E-state index is 0.131. The normalized spacial score (nSPS) is 11.9. The van der Waals surface area contributed by atoms with Gasteiger partial charge >= 0.3 is 0 Å². The average Bonchev–Trinajstić information content (AvgIpc) is 2.92. The van der Waals surface area contributed by atoms with Crippen LogP contribution in [0.1, 0.15) is 13.3 Å². The van der Waals surface area contributed by atoms with Crippen LogP contribution in [0.4, 0.5) is 10.8 Å². The molecule has 20 heavy (non-hydrogen) atoms. The topological polar surface area (TPSA) is 54.0 Å². The highest BCUT2D eigenvalue weighted by atomic mass is 35.5. The molecular weight excluding hydrogens is 317 g/mol. The maximum absolute atomic E-state index is 12.1. The Bertz CT molecular complexity index is 589. The van der Waals surface area contributed by atoms with E-state index in [9.17, 15) is 4.79 Å². The van der Waals surface area contributed by atoms with Crippen LogP contribution in [0.3, 0.4) is 0 Å². The van der Waals surface area contributed by atoms with Gasteiger partial charge in [-0.1, -0.05) is 30.1 Å². The Morgan fingerprint density at radius 1 is 1.40 bits per heavy atom. The number of hydrogen-bond donors (Lipinski definition) is 2. The van der Waals surface area contributed by atoms with Crippen molar-refractivity contribution in [3.8, 4) is 0 Å². The molecule has 2 N–H and O–H groups in total. The zero-order valence-corrected chi connectivity index (χ0v) is 13.0. The molecule has 1 aromatic heterocycles. The number of carbonyl (C=O) groups excluding carboxylic acids is 1. The highest BCUT2D eigenvalue weighted by molar-refractivity contribution is 7.13. The van der Waals surface area contributed by atoms with Gasteiger partial charge in [0.15, 0.2) is 5.13 Å². The molecule has 2 aromatic rings. The first-order valence-electron chi connectivity index (χ1n) is 6.02. The minimum Gasteiger partial charge on any atom is -0.374 e. The minimum atomic E-state index is -0.365. The van der Waals surface area contributed by atoms with E-state index < -0.39 is 0 Å². The van der Waals surface area contributed by atoms with Gasteiger partial charge in [0.05, 0.1) is 10.0 Å². The molecule has 0 aliphatic heterocycles. The van der Waals surface area contributed by atoms with Crippen LogP contribution in [0.25, 0.3) is 0 Å². The SMILES string of the molecule is CC[C@@H](Nc1ccc(Cl)c(Cl)c1)C(=O)Nc1nccs1. The number of aromatic nitrogens is 1. The van der Waals surface area contributed by atoms with Crippen LogP contribution < -0.4 is 10.6 Å². The fourth-order valence-corrected chi connectivity index (χ4v) is 2.45. The Morgan fingerprint density at radius 2 is 2.20 bits per heavy atom. The van der Waals surface area contributed by atoms with Gasteiger partial charge in [-0.2, -0.15) is 0 Å². The molecule has 0 aliphatic rings. The van der Waals surface area contributed by atoms with Crippen molar-refractivity contribution in [1.29, 1.82) is 0 Å². The molecule has 0 saturated heterocycles. The van der Waals surface area contributed by atoms with Crippen LogP contribution in [0.15, 0.2) is 29.8 Å². The summed E-state index contributed by atoms with van der Waals surface area (Å²) in [5, 5.41) is 9.23. The van der Waals surface area contributed by atoms with Gasteiger partial charge in [-0.25, -0.2) is 4.98 Å². The second-order valence-electron chi connectivity index (χ2n) is 4.06. The molecule has 1 aromatic carbocycles. The number of nitrogens with zero attached hydrogens (tertiary/aromatic N) is 1. The molecule has 0 bridgehead atoms. The molecule has 0 fully saturated rings. The fraction of sp³-hybridized carbons (Fsp3) is 0.231. The summed E-state index contributed by atoms with van der Waals surface area (Å²) in [4.78, 5) is 16.2. The van der Waals surface area contributed by atoms with Crippen LogP contribution in [-0.2, 0) is 4.79 Å². The summed E-state index contributed by atoms with van der Waals surface area (Å²) in [5.41, 5.74) is 0.750. The quantitative estimate of drug-likeness (QED) is 0.860. The molecule has 0 spiro atoms. The summed E-state index contributed by atoms with van der Waals surface area (Å²) in [6.45, 7) is 1.93. The van der Waals surface area contributed by atoms with Crippen molar-refractivity contribution in [2.24, 2.45) is 0 Å². The number of nitrogens with one attached hydrogen (secondary N) is 2. The third-order valence-electron chi connectivity index (χ3n) is 2.65. The standard InChI is InChI=1S/C13H13Cl2N3OS/c1-2-11(12(19)18-13-16-5-6-20-13)17-8-3-4-9(14)10(15)7-8/h3-7,11,17H,2H2,1H3,(H,16,18,19)/t11-/m1/s1. The predicted molar refractivity (Wildman–Crippen MR) is 84.9 cm³/mol. The molecule has 0 saturated carbocycles. The summed E-state index contributed by atoms with van der Waals surface area (Å²) >= 11 is 13.2. The Morgan fingerprint density at radius 3 is 2.80 bits per heavy atom. The van der Waals surface area contributed by atoms with Crippen LogP contribution in [0, 0.1) is 0 Å². The molecule has 7 heteroatoms. The number of thiazole rings is 1. The molecule has 1 atom stereocenters. The van der Waals surface area contributed by atoms with Gasteiger partial charge < -0.3 is 10.6 Å². The molecular formula is C13H13Cl2N3OS. The van der Waals surface area contributed by atoms with Crippen molar-refractivity contribution in [2.45, 2.75) is 19.4 Å². The highest BCUT2D eigenvalue weighted by Crippen LogP contribution is 2.25. The molecule has 1 heterocycles. The highest BCUT2D eigenvalue weighted by Gasteiger charge is 2.17. The summed E-state index contributed by atoms with van der Waals surface area (Å²) in [6, 6.07) is 4.81. The van der Waals surface area contributed by atoms with Crippen molar-refractivity contribution in [3.63, 3.8) is 0 Å². The van der Waals surface area contributed by atoms with E-state index in [0.717, 1.165) is 5.69 Å². The maximum atomic E-state index is 12.1. The van der Waals surface area contributed by atoms with Gasteiger partial charge in [-0.15, -0.1) is 11.3 Å². The van der Waals surface area contributed by atoms with Crippen LogP contribution in [0.2, 0.25) is 10.0 Å². The van der Waals surface area contributed by atoms with E-state index in [-0.39, 0.29) is 11.9 Å². The number of hydrogen-bond acceptors (Lipinski definition) is 4. The first-order chi connectivity index (χ1) is 9.60. The van der Waals surface area contributed by atoms with Crippen molar-refractivity contribution >= 4 is 51.3 Å². The Labute approximate surface area is 131 Å². The Kier molecular flexibility index (Phi) is 5.23. The fourth-order valence-electron chi connectivity index (χ4n) is 1.62. The van der Waals surface area contributed by atoms with Crippen LogP contribution in [0.5, 0.6) is 0 Å². The third-order valence-corrected chi connectivity index (χ3v) is 4.08. The van der Waals surface area contributed by atoms with Gasteiger partial charge in [0.25, 0.3) is 0 Å². The average molecular weight is 330 g/mol. The summed E-state index contributed by atoms with van der Waals surface area (Å²) in [5.74, 6) is -0.131. The maximum Gasteiger partial charge on any atom is 0.248 e. The molecule has 0 radical (unpaired) electrons. The second kappa shape index (κ2) is 6.92. The zero-order valence-electron chi connectivity index (χ0n) is 10.7. The van der Waals surface area contributed by atoms with Gasteiger partial charge in [0.2, 0.25) is 5.91 Å².